The Bertz CT molecular complexity index is 845. The van der Waals surface area contributed by atoms with Crippen molar-refractivity contribution < 1.29 is 0 Å². The van der Waals surface area contributed by atoms with E-state index in [1.165, 1.54) is 11.1 Å². The van der Waals surface area contributed by atoms with Gasteiger partial charge < -0.3 is 15.5 Å². The van der Waals surface area contributed by atoms with E-state index in [-0.39, 0.29) is 0 Å². The van der Waals surface area contributed by atoms with Gasteiger partial charge in [-0.1, -0.05) is 19.9 Å². The highest BCUT2D eigenvalue weighted by molar-refractivity contribution is 5.86. The molecule has 0 amide bonds. The smallest absolute Gasteiger partial charge is 0.227 e. The first-order valence-corrected chi connectivity index (χ1v) is 9.82. The molecule has 0 bridgehead atoms. The number of nitrogens with zero attached hydrogens (tertiary/aromatic N) is 4. The Morgan fingerprint density at radius 3 is 3.00 bits per heavy atom. The van der Waals surface area contributed by atoms with E-state index in [9.17, 15) is 0 Å². The molecule has 4 rings (SSSR count). The Morgan fingerprint density at radius 2 is 2.15 bits per heavy atom. The van der Waals surface area contributed by atoms with Gasteiger partial charge in [-0.3, -0.25) is 4.99 Å². The number of anilines is 3. The monoisotopic (exact) mass is 364 g/mol. The van der Waals surface area contributed by atoms with E-state index in [0.29, 0.717) is 12.0 Å². The van der Waals surface area contributed by atoms with Crippen molar-refractivity contribution >= 4 is 23.7 Å². The van der Waals surface area contributed by atoms with Gasteiger partial charge in [-0.15, -0.1) is 0 Å². The average molecular weight is 364 g/mol. The molecular formula is C21H28N6. The first-order valence-electron chi connectivity index (χ1n) is 9.82. The van der Waals surface area contributed by atoms with Crippen molar-refractivity contribution in [3.63, 3.8) is 0 Å². The number of aromatic nitrogens is 2. The van der Waals surface area contributed by atoms with Crippen LogP contribution in [0.2, 0.25) is 0 Å². The van der Waals surface area contributed by atoms with Gasteiger partial charge in [0.05, 0.1) is 6.54 Å². The number of rotatable bonds is 4. The molecule has 1 saturated heterocycles. The molecule has 1 aromatic carbocycles. The quantitative estimate of drug-likeness (QED) is 0.872. The molecule has 1 fully saturated rings. The standard InChI is InChI=1S/C21H28N6/c1-14(2)19-6-8-27(9-7-23-19)21-24-11-15(3)20(26-21)25-18-5-4-16-12-22-13-17(16)10-18/h4-5,10-11,13-14,19,23H,6-9,12H2,1-3H3,(H,24,25,26). The maximum Gasteiger partial charge on any atom is 0.227 e. The van der Waals surface area contributed by atoms with Crippen molar-refractivity contribution in [3.8, 4) is 0 Å². The Kier molecular flexibility index (Phi) is 5.07. The Morgan fingerprint density at radius 1 is 1.26 bits per heavy atom. The fourth-order valence-electron chi connectivity index (χ4n) is 3.69. The molecule has 27 heavy (non-hydrogen) atoms. The van der Waals surface area contributed by atoms with E-state index in [1.54, 1.807) is 0 Å². The Balaban J connectivity index is 1.52. The SMILES string of the molecule is Cc1cnc(N2CCNC(C(C)C)CC2)nc1Nc1ccc2c(c1)C=NC2. The van der Waals surface area contributed by atoms with Gasteiger partial charge >= 0.3 is 0 Å². The van der Waals surface area contributed by atoms with Gasteiger partial charge in [0.15, 0.2) is 0 Å². The van der Waals surface area contributed by atoms with Crippen molar-refractivity contribution in [1.29, 1.82) is 0 Å². The van der Waals surface area contributed by atoms with Crippen LogP contribution in [0.15, 0.2) is 29.4 Å². The lowest BCUT2D eigenvalue weighted by molar-refractivity contribution is 0.403. The second kappa shape index (κ2) is 7.64. The maximum atomic E-state index is 4.84. The summed E-state index contributed by atoms with van der Waals surface area (Å²) in [6.07, 6.45) is 4.97. The van der Waals surface area contributed by atoms with Crippen molar-refractivity contribution in [3.05, 3.63) is 41.1 Å². The van der Waals surface area contributed by atoms with Crippen LogP contribution in [0, 0.1) is 12.8 Å². The lowest BCUT2D eigenvalue weighted by atomic mass is 10.0. The molecule has 0 aliphatic carbocycles. The highest BCUT2D eigenvalue weighted by Crippen LogP contribution is 2.24. The summed E-state index contributed by atoms with van der Waals surface area (Å²) >= 11 is 0. The van der Waals surface area contributed by atoms with Gasteiger partial charge in [0.25, 0.3) is 0 Å². The molecule has 1 aromatic heterocycles. The molecule has 0 spiro atoms. The summed E-state index contributed by atoms with van der Waals surface area (Å²) in [5.74, 6) is 2.31. The first kappa shape index (κ1) is 17.9. The summed E-state index contributed by atoms with van der Waals surface area (Å²) in [5.41, 5.74) is 4.54. The number of hydrogen-bond donors (Lipinski definition) is 2. The highest BCUT2D eigenvalue weighted by Gasteiger charge is 2.21. The minimum absolute atomic E-state index is 0.561. The van der Waals surface area contributed by atoms with Crippen LogP contribution < -0.4 is 15.5 Å². The third kappa shape index (κ3) is 3.95. The summed E-state index contributed by atoms with van der Waals surface area (Å²) < 4.78 is 0. The van der Waals surface area contributed by atoms with Crippen molar-refractivity contribution in [2.45, 2.75) is 39.8 Å². The highest BCUT2D eigenvalue weighted by atomic mass is 15.3. The molecule has 2 N–H and O–H groups in total. The van der Waals surface area contributed by atoms with Crippen molar-refractivity contribution in [2.24, 2.45) is 10.9 Å². The predicted octanol–water partition coefficient (Wildman–Crippen LogP) is 3.29. The molecule has 2 aliphatic heterocycles. The average Bonchev–Trinajstić information content (AvgIpc) is 2.97. The molecule has 2 aromatic rings. The Hall–Kier alpha value is -2.47. The molecule has 2 aliphatic rings. The van der Waals surface area contributed by atoms with Crippen LogP contribution in [-0.2, 0) is 6.54 Å². The van der Waals surface area contributed by atoms with Gasteiger partial charge in [-0.05, 0) is 42.5 Å². The number of hydrogen-bond acceptors (Lipinski definition) is 6. The van der Waals surface area contributed by atoms with Crippen LogP contribution >= 0.6 is 0 Å². The molecular weight excluding hydrogens is 336 g/mol. The Labute approximate surface area is 161 Å². The summed E-state index contributed by atoms with van der Waals surface area (Å²) in [6.45, 7) is 10.3. The van der Waals surface area contributed by atoms with Gasteiger partial charge in [0.1, 0.15) is 5.82 Å². The largest absolute Gasteiger partial charge is 0.340 e. The van der Waals surface area contributed by atoms with Crippen LogP contribution in [0.25, 0.3) is 0 Å². The number of nitrogens with one attached hydrogen (secondary N) is 2. The number of fused-ring (bicyclic) bond motifs is 1. The van der Waals surface area contributed by atoms with Crippen molar-refractivity contribution in [1.82, 2.24) is 15.3 Å². The molecule has 1 atom stereocenters. The number of aryl methyl sites for hydroxylation is 1. The second-order valence-electron chi connectivity index (χ2n) is 7.79. The summed E-state index contributed by atoms with van der Waals surface area (Å²) in [4.78, 5) is 16.1. The summed E-state index contributed by atoms with van der Waals surface area (Å²) in [5, 5.41) is 7.11. The van der Waals surface area contributed by atoms with Crippen LogP contribution in [0.3, 0.4) is 0 Å². The second-order valence-corrected chi connectivity index (χ2v) is 7.79. The third-order valence-electron chi connectivity index (χ3n) is 5.45. The minimum atomic E-state index is 0.561. The van der Waals surface area contributed by atoms with E-state index in [1.807, 2.05) is 19.3 Å². The lowest BCUT2D eigenvalue weighted by Gasteiger charge is -2.22. The van der Waals surface area contributed by atoms with Crippen LogP contribution in [0.4, 0.5) is 17.5 Å². The van der Waals surface area contributed by atoms with Gasteiger partial charge in [-0.2, -0.15) is 4.98 Å². The molecule has 0 saturated carbocycles. The fourth-order valence-corrected chi connectivity index (χ4v) is 3.69. The molecule has 0 radical (unpaired) electrons. The van der Waals surface area contributed by atoms with Crippen LogP contribution in [0.1, 0.15) is 37.0 Å². The molecule has 142 valence electrons. The zero-order valence-electron chi connectivity index (χ0n) is 16.4. The normalized spacial score (nSPS) is 19.3. The predicted molar refractivity (Wildman–Crippen MR) is 111 cm³/mol. The van der Waals surface area contributed by atoms with Gasteiger partial charge in [0.2, 0.25) is 5.95 Å². The van der Waals surface area contributed by atoms with Crippen molar-refractivity contribution in [2.75, 3.05) is 29.9 Å². The number of benzene rings is 1. The minimum Gasteiger partial charge on any atom is -0.340 e. The van der Waals surface area contributed by atoms with Gasteiger partial charge in [0, 0.05) is 49.3 Å². The lowest BCUT2D eigenvalue weighted by Crippen LogP contribution is -2.34. The van der Waals surface area contributed by atoms with Gasteiger partial charge in [-0.25, -0.2) is 4.98 Å². The van der Waals surface area contributed by atoms with Crippen LogP contribution in [-0.4, -0.2) is 41.9 Å². The first-order chi connectivity index (χ1) is 13.1. The van der Waals surface area contributed by atoms with E-state index in [4.69, 9.17) is 4.98 Å². The van der Waals surface area contributed by atoms with Crippen LogP contribution in [0.5, 0.6) is 0 Å². The molecule has 6 heteroatoms. The summed E-state index contributed by atoms with van der Waals surface area (Å²) in [7, 11) is 0. The molecule has 1 unspecified atom stereocenters. The zero-order chi connectivity index (χ0) is 18.8. The van der Waals surface area contributed by atoms with E-state index in [2.05, 4.69) is 57.6 Å². The topological polar surface area (TPSA) is 65.4 Å². The maximum absolute atomic E-state index is 4.84. The fraction of sp³-hybridized carbons (Fsp3) is 0.476. The van der Waals surface area contributed by atoms with E-state index < -0.39 is 0 Å². The summed E-state index contributed by atoms with van der Waals surface area (Å²) in [6, 6.07) is 6.92. The zero-order valence-corrected chi connectivity index (χ0v) is 16.4. The molecule has 3 heterocycles. The third-order valence-corrected chi connectivity index (χ3v) is 5.45. The number of aliphatic imine (C=N–C) groups is 1. The van der Waals surface area contributed by atoms with E-state index in [0.717, 1.165) is 55.6 Å². The van der Waals surface area contributed by atoms with E-state index >= 15 is 0 Å². The molecule has 6 nitrogen and oxygen atoms in total.